The Balaban J connectivity index is 0.000000316. The Labute approximate surface area is 176 Å². The van der Waals surface area contributed by atoms with Gasteiger partial charge in [-0.05, 0) is 6.92 Å². The first-order chi connectivity index (χ1) is 14.7. The molecule has 0 radical (unpaired) electrons. The summed E-state index contributed by atoms with van der Waals surface area (Å²) in [5.74, 6) is -0.556. The van der Waals surface area contributed by atoms with Crippen LogP contribution in [0.1, 0.15) is 16.2 Å². The minimum atomic E-state index is -1.06. The van der Waals surface area contributed by atoms with Crippen molar-refractivity contribution in [1.82, 2.24) is 29.2 Å². The minimum Gasteiger partial charge on any atom is -0.476 e. The number of aryl methyl sites for hydroxylation is 2. The van der Waals surface area contributed by atoms with Gasteiger partial charge < -0.3 is 29.4 Å². The second kappa shape index (κ2) is 10.7. The summed E-state index contributed by atoms with van der Waals surface area (Å²) in [6.45, 7) is 3.41. The van der Waals surface area contributed by atoms with Crippen LogP contribution in [-0.2, 0) is 25.4 Å². The van der Waals surface area contributed by atoms with Crippen LogP contribution in [-0.4, -0.2) is 72.9 Å². The molecule has 0 bridgehead atoms. The number of aromatic carboxylic acids is 1. The minimum absolute atomic E-state index is 0.0486. The molecule has 170 valence electrons. The van der Waals surface area contributed by atoms with E-state index in [2.05, 4.69) is 20.0 Å². The summed E-state index contributed by atoms with van der Waals surface area (Å²) < 4.78 is 13.3. The lowest BCUT2D eigenvalue weighted by molar-refractivity contribution is 0.0685. The molecule has 1 atom stereocenters. The number of carbonyl (C=O) groups is 1. The number of rotatable bonds is 8. The molecular formula is C18H26N6O7. The van der Waals surface area contributed by atoms with E-state index in [-0.39, 0.29) is 12.2 Å². The molecule has 3 rings (SSSR count). The van der Waals surface area contributed by atoms with Crippen LogP contribution in [0.4, 0.5) is 0 Å². The number of imidazole rings is 1. The molecule has 31 heavy (non-hydrogen) atoms. The fourth-order valence-corrected chi connectivity index (χ4v) is 2.74. The summed E-state index contributed by atoms with van der Waals surface area (Å²) in [6.07, 6.45) is 0.778. The van der Waals surface area contributed by atoms with Gasteiger partial charge >= 0.3 is 11.7 Å². The second-order valence-electron chi connectivity index (χ2n) is 6.75. The van der Waals surface area contributed by atoms with Gasteiger partial charge in [0.1, 0.15) is 5.76 Å². The average molecular weight is 438 g/mol. The van der Waals surface area contributed by atoms with E-state index in [1.54, 1.807) is 25.6 Å². The maximum Gasteiger partial charge on any atom is 0.358 e. The van der Waals surface area contributed by atoms with Crippen LogP contribution in [0.2, 0.25) is 0 Å². The van der Waals surface area contributed by atoms with Gasteiger partial charge in [0.25, 0.3) is 5.56 Å². The van der Waals surface area contributed by atoms with E-state index < -0.39 is 23.3 Å². The topological polar surface area (TPSA) is 167 Å². The molecule has 0 amide bonds. The quantitative estimate of drug-likeness (QED) is 0.360. The zero-order valence-electron chi connectivity index (χ0n) is 17.7. The number of carboxylic acids is 1. The highest BCUT2D eigenvalue weighted by atomic mass is 16.5. The molecule has 0 spiro atoms. The molecule has 0 aromatic carbocycles. The molecule has 0 aliphatic rings. The van der Waals surface area contributed by atoms with Crippen molar-refractivity contribution in [1.29, 1.82) is 0 Å². The van der Waals surface area contributed by atoms with Crippen molar-refractivity contribution in [2.75, 3.05) is 26.8 Å². The van der Waals surface area contributed by atoms with Gasteiger partial charge in [0, 0.05) is 40.4 Å². The Morgan fingerprint density at radius 1 is 1.32 bits per heavy atom. The highest BCUT2D eigenvalue weighted by Gasteiger charge is 2.16. The maximum absolute atomic E-state index is 12.2. The first kappa shape index (κ1) is 24.0. The monoisotopic (exact) mass is 438 g/mol. The number of aromatic nitrogens is 5. The van der Waals surface area contributed by atoms with Crippen LogP contribution in [0.25, 0.3) is 11.2 Å². The molecule has 0 aliphatic heterocycles. The average Bonchev–Trinajstić information content (AvgIpc) is 3.35. The van der Waals surface area contributed by atoms with Crippen molar-refractivity contribution in [3.63, 3.8) is 0 Å². The third-order valence-electron chi connectivity index (χ3n) is 4.33. The summed E-state index contributed by atoms with van der Waals surface area (Å²) in [7, 11) is 4.59. The lowest BCUT2D eigenvalue weighted by Crippen LogP contribution is -2.38. The Morgan fingerprint density at radius 3 is 2.58 bits per heavy atom. The van der Waals surface area contributed by atoms with Crippen LogP contribution in [0, 0.1) is 6.92 Å². The predicted octanol–water partition coefficient (Wildman–Crippen LogP) is -1.29. The number of nitrogens with one attached hydrogen (secondary N) is 1. The van der Waals surface area contributed by atoms with Gasteiger partial charge in [-0.15, -0.1) is 0 Å². The Bertz CT molecular complexity index is 1140. The summed E-state index contributed by atoms with van der Waals surface area (Å²) >= 11 is 0. The van der Waals surface area contributed by atoms with Crippen LogP contribution in [0.3, 0.4) is 0 Å². The van der Waals surface area contributed by atoms with Crippen molar-refractivity contribution in [2.45, 2.75) is 19.6 Å². The third-order valence-corrected chi connectivity index (χ3v) is 4.33. The highest BCUT2D eigenvalue weighted by molar-refractivity contribution is 5.85. The molecule has 0 fully saturated rings. The molecular weight excluding hydrogens is 412 g/mol. The number of hydrogen-bond donors (Lipinski definition) is 3. The smallest absolute Gasteiger partial charge is 0.358 e. The molecule has 1 unspecified atom stereocenters. The lowest BCUT2D eigenvalue weighted by atomic mass is 10.3. The Kier molecular flexibility index (Phi) is 8.24. The summed E-state index contributed by atoms with van der Waals surface area (Å²) in [5, 5.41) is 24.6. The van der Waals surface area contributed by atoms with Gasteiger partial charge in [0.05, 0.1) is 25.6 Å². The van der Waals surface area contributed by atoms with Crippen LogP contribution < -0.4 is 16.6 Å². The van der Waals surface area contributed by atoms with Crippen LogP contribution >= 0.6 is 0 Å². The van der Waals surface area contributed by atoms with E-state index in [0.29, 0.717) is 36.6 Å². The SMILES string of the molecule is COCCNCC(O)Cn1cnc2c1c(=O)n(C)c(=O)n2C.Cc1cc(C(=O)O)no1. The third kappa shape index (κ3) is 5.87. The zero-order chi connectivity index (χ0) is 23.1. The van der Waals surface area contributed by atoms with E-state index >= 15 is 0 Å². The maximum atomic E-state index is 12.2. The molecule has 13 nitrogen and oxygen atoms in total. The second-order valence-corrected chi connectivity index (χ2v) is 6.75. The Hall–Kier alpha value is -3.29. The lowest BCUT2D eigenvalue weighted by Gasteiger charge is -2.13. The van der Waals surface area contributed by atoms with Gasteiger partial charge in [0.15, 0.2) is 16.9 Å². The Morgan fingerprint density at radius 2 is 2.03 bits per heavy atom. The van der Waals surface area contributed by atoms with Gasteiger partial charge in [-0.25, -0.2) is 14.6 Å². The molecule has 0 aliphatic carbocycles. The van der Waals surface area contributed by atoms with Gasteiger partial charge in [-0.1, -0.05) is 5.16 Å². The van der Waals surface area contributed by atoms with Crippen LogP contribution in [0.5, 0.6) is 0 Å². The molecule has 13 heteroatoms. The molecule has 0 saturated heterocycles. The number of ether oxygens (including phenoxy) is 1. The number of hydrogen-bond acceptors (Lipinski definition) is 9. The summed E-state index contributed by atoms with van der Waals surface area (Å²) in [5.41, 5.74) is -0.277. The van der Waals surface area contributed by atoms with Crippen molar-refractivity contribution >= 4 is 17.1 Å². The number of aliphatic hydroxyl groups is 1. The number of nitrogens with zero attached hydrogens (tertiary/aromatic N) is 5. The van der Waals surface area contributed by atoms with E-state index in [9.17, 15) is 19.5 Å². The summed E-state index contributed by atoms with van der Waals surface area (Å²) in [4.78, 5) is 38.3. The first-order valence-corrected chi connectivity index (χ1v) is 9.32. The number of methoxy groups -OCH3 is 1. The number of aliphatic hydroxyl groups excluding tert-OH is 1. The number of fused-ring (bicyclic) bond motifs is 1. The molecule has 3 heterocycles. The van der Waals surface area contributed by atoms with E-state index in [0.717, 1.165) is 4.57 Å². The van der Waals surface area contributed by atoms with Gasteiger partial charge in [-0.3, -0.25) is 13.9 Å². The molecule has 3 aromatic rings. The largest absolute Gasteiger partial charge is 0.476 e. The van der Waals surface area contributed by atoms with Crippen molar-refractivity contribution in [3.8, 4) is 0 Å². The van der Waals surface area contributed by atoms with Crippen LogP contribution in [0.15, 0.2) is 26.5 Å². The standard InChI is InChI=1S/C13H21N5O4.C5H5NO3/c1-16-11-10(12(20)17(2)13(16)21)18(8-15-11)7-9(19)6-14-4-5-22-3;1-3-2-4(5(7)8)6-9-3/h8-9,14,19H,4-7H2,1-3H3;2H,1H3,(H,7,8). The van der Waals surface area contributed by atoms with Gasteiger partial charge in [0.2, 0.25) is 0 Å². The summed E-state index contributed by atoms with van der Waals surface area (Å²) in [6, 6.07) is 1.36. The van der Waals surface area contributed by atoms with E-state index in [4.69, 9.17) is 9.84 Å². The van der Waals surface area contributed by atoms with Gasteiger partial charge in [-0.2, -0.15) is 0 Å². The zero-order valence-corrected chi connectivity index (χ0v) is 17.7. The number of carboxylic acid groups (broad SMARTS) is 1. The normalized spacial score (nSPS) is 11.9. The van der Waals surface area contributed by atoms with Crippen molar-refractivity contribution in [3.05, 3.63) is 44.7 Å². The van der Waals surface area contributed by atoms with E-state index in [1.165, 1.54) is 24.0 Å². The first-order valence-electron chi connectivity index (χ1n) is 9.32. The molecule has 3 N–H and O–H groups in total. The fourth-order valence-electron chi connectivity index (χ4n) is 2.74. The highest BCUT2D eigenvalue weighted by Crippen LogP contribution is 2.06. The predicted molar refractivity (Wildman–Crippen MR) is 109 cm³/mol. The fraction of sp³-hybridized carbons (Fsp3) is 0.500. The van der Waals surface area contributed by atoms with Crippen molar-refractivity contribution in [2.24, 2.45) is 14.1 Å². The molecule has 0 saturated carbocycles. The molecule has 3 aromatic heterocycles. The van der Waals surface area contributed by atoms with E-state index in [1.807, 2.05) is 0 Å². The van der Waals surface area contributed by atoms with Crippen molar-refractivity contribution < 1.29 is 24.3 Å².